The highest BCUT2D eigenvalue weighted by Crippen LogP contribution is 2.44. The van der Waals surface area contributed by atoms with Gasteiger partial charge in [-0.2, -0.15) is 0 Å². The summed E-state index contributed by atoms with van der Waals surface area (Å²) in [5, 5.41) is 0. The maximum atomic E-state index is 14.4. The number of ketones is 1. The number of carbonyl (C=O) groups excluding carboxylic acids is 5. The van der Waals surface area contributed by atoms with E-state index in [1.807, 2.05) is 39.8 Å². The zero-order chi connectivity index (χ0) is 42.7. The van der Waals surface area contributed by atoms with Crippen molar-refractivity contribution in [1.82, 2.24) is 4.90 Å². The number of nitrogens with zero attached hydrogens (tertiary/aromatic N) is 1. The van der Waals surface area contributed by atoms with E-state index >= 15 is 0 Å². The van der Waals surface area contributed by atoms with Crippen molar-refractivity contribution < 1.29 is 71.3 Å². The largest absolute Gasteiger partial charge is 0.462 e. The van der Waals surface area contributed by atoms with Crippen LogP contribution in [0.15, 0.2) is 0 Å². The van der Waals surface area contributed by atoms with E-state index in [9.17, 15) is 24.0 Å². The van der Waals surface area contributed by atoms with Gasteiger partial charge in [-0.25, -0.2) is 0 Å². The highest BCUT2D eigenvalue weighted by atomic mass is 16.7. The minimum atomic E-state index is -1.19. The Bertz CT molecular complexity index is 1420. The molecular formula is C41H67NO15. The predicted octanol–water partition coefficient (Wildman–Crippen LogP) is 3.62. The summed E-state index contributed by atoms with van der Waals surface area (Å²) in [6.07, 6.45) is -7.35. The number of epoxide rings is 1. The van der Waals surface area contributed by atoms with Crippen molar-refractivity contribution in [2.75, 3.05) is 27.8 Å². The van der Waals surface area contributed by atoms with E-state index in [-0.39, 0.29) is 37.4 Å². The molecule has 0 amide bonds. The zero-order valence-electron chi connectivity index (χ0n) is 36.2. The van der Waals surface area contributed by atoms with Gasteiger partial charge in [-0.1, -0.05) is 27.7 Å². The summed E-state index contributed by atoms with van der Waals surface area (Å²) in [6, 6.07) is -0.247. The standard InChI is InChI=1S/C41H67NO15/c1-19-17-41(18-49-41)38(46)23(5)34(53-27(9)43)21(3)25(7)52-39(47)24(6)35(56-32-16-31(48-14)36(26(8)51-32)54-28(10)44)22(4)33(19)57-40-37(55-29(11)45)30(42(12)13)15-20(2)50-40/h19-26,30-37,40H,15-18H2,1-14H3/t19-,20+,21-,22+,23-,24-,25+,26-,30-,31-,32+,33+,34-,35+,36+,37+,40+,41+/m1/s1. The zero-order valence-corrected chi connectivity index (χ0v) is 36.2. The van der Waals surface area contributed by atoms with Crippen LogP contribution < -0.4 is 0 Å². The summed E-state index contributed by atoms with van der Waals surface area (Å²) in [4.78, 5) is 67.4. The highest BCUT2D eigenvalue weighted by Gasteiger charge is 2.58. The quantitative estimate of drug-likeness (QED) is 0.187. The molecule has 4 rings (SSSR count). The average molecular weight is 814 g/mol. The molecule has 0 N–H and O–H groups in total. The van der Waals surface area contributed by atoms with Crippen molar-refractivity contribution in [1.29, 1.82) is 0 Å². The molecule has 0 aliphatic carbocycles. The van der Waals surface area contributed by atoms with Gasteiger partial charge in [-0.05, 0) is 60.5 Å². The lowest BCUT2D eigenvalue weighted by Crippen LogP contribution is -2.58. The van der Waals surface area contributed by atoms with E-state index in [1.165, 1.54) is 27.9 Å². The Kier molecular flexibility index (Phi) is 16.1. The number of Topliss-reactive ketones (excluding diaryl/α,β-unsaturated/α-hetero) is 1. The molecular weight excluding hydrogens is 746 g/mol. The van der Waals surface area contributed by atoms with Crippen molar-refractivity contribution in [2.24, 2.45) is 29.6 Å². The van der Waals surface area contributed by atoms with Gasteiger partial charge in [0.25, 0.3) is 0 Å². The summed E-state index contributed by atoms with van der Waals surface area (Å²) in [5.74, 6) is -5.69. The third-order valence-electron chi connectivity index (χ3n) is 12.2. The van der Waals surface area contributed by atoms with E-state index in [0.717, 1.165) is 0 Å². The Labute approximate surface area is 337 Å². The molecule has 16 heteroatoms. The molecule has 0 saturated carbocycles. The Morgan fingerprint density at radius 1 is 0.702 bits per heavy atom. The first-order chi connectivity index (χ1) is 26.6. The first-order valence-electron chi connectivity index (χ1n) is 20.3. The van der Waals surface area contributed by atoms with Gasteiger partial charge in [0.15, 0.2) is 36.2 Å². The third kappa shape index (κ3) is 11.3. The monoisotopic (exact) mass is 813 g/mol. The first kappa shape index (κ1) is 47.0. The molecule has 0 aromatic carbocycles. The topological polar surface area (TPSA) is 184 Å². The van der Waals surface area contributed by atoms with E-state index in [1.54, 1.807) is 34.6 Å². The number of likely N-dealkylation sites (N-methyl/N-ethyl adjacent to an activating group) is 1. The number of carbonyl (C=O) groups is 5. The van der Waals surface area contributed by atoms with Crippen LogP contribution >= 0.6 is 0 Å². The lowest BCUT2D eigenvalue weighted by molar-refractivity contribution is -0.301. The van der Waals surface area contributed by atoms with Crippen LogP contribution in [0.1, 0.15) is 95.4 Å². The van der Waals surface area contributed by atoms with Crippen LogP contribution in [0, 0.1) is 29.6 Å². The number of hydrogen-bond acceptors (Lipinski definition) is 16. The molecule has 4 heterocycles. The molecule has 4 aliphatic rings. The molecule has 326 valence electrons. The van der Waals surface area contributed by atoms with E-state index in [0.29, 0.717) is 6.42 Å². The number of hydrogen-bond donors (Lipinski definition) is 0. The second-order valence-corrected chi connectivity index (χ2v) is 17.1. The van der Waals surface area contributed by atoms with Gasteiger partial charge in [0.05, 0.1) is 48.9 Å². The van der Waals surface area contributed by atoms with Gasteiger partial charge in [-0.15, -0.1) is 0 Å². The Balaban J connectivity index is 1.82. The number of cyclic esters (lactones) is 1. The normalized spacial score (nSPS) is 43.5. The second kappa shape index (κ2) is 19.6. The fraction of sp³-hybridized carbons (Fsp3) is 0.878. The van der Waals surface area contributed by atoms with Crippen LogP contribution in [0.2, 0.25) is 0 Å². The van der Waals surface area contributed by atoms with Crippen molar-refractivity contribution in [3.63, 3.8) is 0 Å². The minimum Gasteiger partial charge on any atom is -0.462 e. The molecule has 16 nitrogen and oxygen atoms in total. The smallest absolute Gasteiger partial charge is 0.311 e. The molecule has 1 spiro atoms. The summed E-state index contributed by atoms with van der Waals surface area (Å²) in [6.45, 7) is 18.5. The van der Waals surface area contributed by atoms with Gasteiger partial charge in [-0.3, -0.25) is 24.0 Å². The highest BCUT2D eigenvalue weighted by molar-refractivity contribution is 5.92. The maximum Gasteiger partial charge on any atom is 0.311 e. The number of methoxy groups -OCH3 is 1. The first-order valence-corrected chi connectivity index (χ1v) is 20.3. The molecule has 0 aromatic rings. The summed E-state index contributed by atoms with van der Waals surface area (Å²) in [7, 11) is 5.31. The number of esters is 4. The summed E-state index contributed by atoms with van der Waals surface area (Å²) >= 11 is 0. The van der Waals surface area contributed by atoms with Crippen LogP contribution in [0.5, 0.6) is 0 Å². The lowest BCUT2D eigenvalue weighted by Gasteiger charge is -2.46. The minimum absolute atomic E-state index is 0.162. The number of ether oxygens (including phenoxy) is 10. The van der Waals surface area contributed by atoms with Gasteiger partial charge in [0, 0.05) is 46.1 Å². The van der Waals surface area contributed by atoms with E-state index < -0.39 is 120 Å². The number of rotatable bonds is 9. The van der Waals surface area contributed by atoms with Crippen molar-refractivity contribution in [2.45, 2.75) is 175 Å². The Morgan fingerprint density at radius 3 is 1.82 bits per heavy atom. The Hall–Kier alpha value is -2.73. The van der Waals surface area contributed by atoms with Gasteiger partial charge in [0.2, 0.25) is 0 Å². The molecule has 0 bridgehead atoms. The molecule has 0 radical (unpaired) electrons. The predicted molar refractivity (Wildman–Crippen MR) is 202 cm³/mol. The molecule has 4 saturated heterocycles. The molecule has 57 heavy (non-hydrogen) atoms. The average Bonchev–Trinajstić information content (AvgIpc) is 3.91. The maximum absolute atomic E-state index is 14.4. The van der Waals surface area contributed by atoms with Gasteiger partial charge >= 0.3 is 23.9 Å². The van der Waals surface area contributed by atoms with Crippen LogP contribution in [0.3, 0.4) is 0 Å². The van der Waals surface area contributed by atoms with E-state index in [2.05, 4.69) is 0 Å². The van der Waals surface area contributed by atoms with Crippen LogP contribution in [0.4, 0.5) is 0 Å². The SMILES string of the molecule is CO[C@@H]1C[C@H](O[C@H]2[C@@H](C)[C@@H](O[C@@H]3O[C@@H](C)C[C@@H](N(C)C)[C@@H]3OC(C)=O)[C@H](C)C[C@]3(CO3)C(=O)[C@H](C)[C@H](OC(C)=O)[C@H](C)[C@H](C)OC(=O)[C@@H]2C)O[C@H](C)[C@@H]1OC(C)=O. The Morgan fingerprint density at radius 2 is 1.28 bits per heavy atom. The molecule has 4 fully saturated rings. The van der Waals surface area contributed by atoms with Crippen molar-refractivity contribution in [3.8, 4) is 0 Å². The fourth-order valence-electron chi connectivity index (χ4n) is 8.93. The van der Waals surface area contributed by atoms with Crippen molar-refractivity contribution in [3.05, 3.63) is 0 Å². The summed E-state index contributed by atoms with van der Waals surface area (Å²) < 4.78 is 61.5. The lowest BCUT2D eigenvalue weighted by atomic mass is 9.76. The van der Waals surface area contributed by atoms with E-state index in [4.69, 9.17) is 47.4 Å². The molecule has 18 atom stereocenters. The third-order valence-corrected chi connectivity index (χ3v) is 12.2. The fourth-order valence-corrected chi connectivity index (χ4v) is 8.93. The van der Waals surface area contributed by atoms with Gasteiger partial charge in [0.1, 0.15) is 18.3 Å². The molecule has 4 aliphatic heterocycles. The molecule has 0 unspecified atom stereocenters. The van der Waals surface area contributed by atoms with Crippen LogP contribution in [-0.4, -0.2) is 142 Å². The van der Waals surface area contributed by atoms with Gasteiger partial charge < -0.3 is 52.3 Å². The summed E-state index contributed by atoms with van der Waals surface area (Å²) in [5.41, 5.74) is -1.19. The molecule has 0 aromatic heterocycles. The van der Waals surface area contributed by atoms with Crippen molar-refractivity contribution >= 4 is 29.7 Å². The second-order valence-electron chi connectivity index (χ2n) is 17.1. The van der Waals surface area contributed by atoms with Crippen LogP contribution in [0.25, 0.3) is 0 Å². The van der Waals surface area contributed by atoms with Crippen LogP contribution in [-0.2, 0) is 71.3 Å².